The fraction of sp³-hybridized carbons (Fsp3) is 0.588. The van der Waals surface area contributed by atoms with Crippen LogP contribution in [0.25, 0.3) is 0 Å². The van der Waals surface area contributed by atoms with E-state index in [-0.39, 0.29) is 11.7 Å². The molecule has 116 valence electrons. The molecule has 0 aromatic heterocycles. The molecule has 2 atom stereocenters. The Morgan fingerprint density at radius 1 is 1.38 bits per heavy atom. The third-order valence-corrected chi connectivity index (χ3v) is 4.23. The maximum atomic E-state index is 12.0. The van der Waals surface area contributed by atoms with Crippen molar-refractivity contribution in [2.24, 2.45) is 5.92 Å². The number of phenolic OH excluding ortho intramolecular Hbond substituents is 1. The molecule has 1 aliphatic rings. The van der Waals surface area contributed by atoms with Gasteiger partial charge in [0, 0.05) is 6.54 Å². The van der Waals surface area contributed by atoms with Crippen LogP contribution in [-0.4, -0.2) is 30.3 Å². The van der Waals surface area contributed by atoms with Gasteiger partial charge in [-0.3, -0.25) is 4.79 Å². The highest BCUT2D eigenvalue weighted by Gasteiger charge is 2.21. The SMILES string of the molecule is Cc1cccc(C(=O)NCCOC2CCCCC2C)c1O. The molecular weight excluding hydrogens is 266 g/mol. The quantitative estimate of drug-likeness (QED) is 0.820. The van der Waals surface area contributed by atoms with Crippen molar-refractivity contribution in [3.05, 3.63) is 29.3 Å². The third kappa shape index (κ3) is 4.21. The number of carbonyl (C=O) groups is 1. The van der Waals surface area contributed by atoms with Gasteiger partial charge >= 0.3 is 0 Å². The van der Waals surface area contributed by atoms with Crippen molar-refractivity contribution in [1.29, 1.82) is 0 Å². The summed E-state index contributed by atoms with van der Waals surface area (Å²) < 4.78 is 5.86. The average Bonchev–Trinajstić information content (AvgIpc) is 2.48. The summed E-state index contributed by atoms with van der Waals surface area (Å²) in [5.41, 5.74) is 1.02. The second-order valence-corrected chi connectivity index (χ2v) is 5.90. The van der Waals surface area contributed by atoms with Gasteiger partial charge in [-0.2, -0.15) is 0 Å². The largest absolute Gasteiger partial charge is 0.507 e. The number of nitrogens with one attached hydrogen (secondary N) is 1. The molecule has 0 spiro atoms. The van der Waals surface area contributed by atoms with Gasteiger partial charge in [0.1, 0.15) is 5.75 Å². The zero-order valence-corrected chi connectivity index (χ0v) is 12.9. The number of aromatic hydroxyl groups is 1. The number of carbonyl (C=O) groups excluding carboxylic acids is 1. The Hall–Kier alpha value is -1.55. The van der Waals surface area contributed by atoms with Gasteiger partial charge in [0.25, 0.3) is 5.91 Å². The molecular formula is C17H25NO3. The van der Waals surface area contributed by atoms with Crippen molar-refractivity contribution in [2.45, 2.75) is 45.6 Å². The fourth-order valence-electron chi connectivity index (χ4n) is 2.84. The van der Waals surface area contributed by atoms with Gasteiger partial charge in [-0.25, -0.2) is 0 Å². The molecule has 1 aliphatic carbocycles. The molecule has 0 radical (unpaired) electrons. The first kappa shape index (κ1) is 15.8. The van der Waals surface area contributed by atoms with Crippen molar-refractivity contribution in [3.63, 3.8) is 0 Å². The van der Waals surface area contributed by atoms with Crippen molar-refractivity contribution in [2.75, 3.05) is 13.2 Å². The van der Waals surface area contributed by atoms with E-state index in [1.165, 1.54) is 19.3 Å². The number of phenols is 1. The Balaban J connectivity index is 1.75. The summed E-state index contributed by atoms with van der Waals surface area (Å²) >= 11 is 0. The lowest BCUT2D eigenvalue weighted by Gasteiger charge is -2.28. The van der Waals surface area contributed by atoms with Gasteiger partial charge < -0.3 is 15.2 Å². The van der Waals surface area contributed by atoms with Crippen LogP contribution in [0.1, 0.15) is 48.5 Å². The van der Waals surface area contributed by atoms with Crippen LogP contribution in [0.4, 0.5) is 0 Å². The standard InChI is InChI=1S/C17H25NO3/c1-12-6-3-4-9-15(12)21-11-10-18-17(20)14-8-5-7-13(2)16(14)19/h5,7-8,12,15,19H,3-4,6,9-11H2,1-2H3,(H,18,20). The highest BCUT2D eigenvalue weighted by atomic mass is 16.5. The first-order valence-corrected chi connectivity index (χ1v) is 7.78. The molecule has 0 bridgehead atoms. The second kappa shape index (κ2) is 7.46. The first-order valence-electron chi connectivity index (χ1n) is 7.78. The van der Waals surface area contributed by atoms with Crippen molar-refractivity contribution in [1.82, 2.24) is 5.32 Å². The van der Waals surface area contributed by atoms with Crippen LogP contribution in [0.5, 0.6) is 5.75 Å². The van der Waals surface area contributed by atoms with Gasteiger partial charge in [-0.15, -0.1) is 0 Å². The molecule has 21 heavy (non-hydrogen) atoms. The maximum Gasteiger partial charge on any atom is 0.255 e. The molecule has 1 aromatic rings. The van der Waals surface area contributed by atoms with Gasteiger partial charge in [0.05, 0.1) is 18.3 Å². The summed E-state index contributed by atoms with van der Waals surface area (Å²) in [7, 11) is 0. The molecule has 4 heteroatoms. The molecule has 1 fully saturated rings. The van der Waals surface area contributed by atoms with Crippen LogP contribution in [0, 0.1) is 12.8 Å². The molecule has 1 aromatic carbocycles. The van der Waals surface area contributed by atoms with Gasteiger partial charge in [0.15, 0.2) is 0 Å². The zero-order chi connectivity index (χ0) is 15.2. The predicted octanol–water partition coefficient (Wildman–Crippen LogP) is 3.03. The average molecular weight is 291 g/mol. The van der Waals surface area contributed by atoms with E-state index < -0.39 is 0 Å². The van der Waals surface area contributed by atoms with Crippen molar-refractivity contribution >= 4 is 5.91 Å². The lowest BCUT2D eigenvalue weighted by molar-refractivity contribution is -0.00294. The molecule has 2 unspecified atom stereocenters. The molecule has 0 saturated heterocycles. The van der Waals surface area contributed by atoms with Crippen LogP contribution in [0.15, 0.2) is 18.2 Å². The van der Waals surface area contributed by atoms with E-state index in [4.69, 9.17) is 4.74 Å². The second-order valence-electron chi connectivity index (χ2n) is 5.90. The van der Waals surface area contributed by atoms with E-state index >= 15 is 0 Å². The number of hydrogen-bond donors (Lipinski definition) is 2. The molecule has 0 aliphatic heterocycles. The van der Waals surface area contributed by atoms with Crippen LogP contribution in [0.2, 0.25) is 0 Å². The number of amides is 1. The van der Waals surface area contributed by atoms with Crippen LogP contribution in [0.3, 0.4) is 0 Å². The van der Waals surface area contributed by atoms with Crippen LogP contribution in [-0.2, 0) is 4.74 Å². The predicted molar refractivity (Wildman–Crippen MR) is 82.5 cm³/mol. The number of ether oxygens (including phenoxy) is 1. The molecule has 2 rings (SSSR count). The minimum absolute atomic E-state index is 0.0526. The normalized spacial score (nSPS) is 22.0. The molecule has 2 N–H and O–H groups in total. The van der Waals surface area contributed by atoms with E-state index in [9.17, 15) is 9.90 Å². The Labute approximate surface area is 126 Å². The molecule has 1 saturated carbocycles. The third-order valence-electron chi connectivity index (χ3n) is 4.23. The minimum atomic E-state index is -0.253. The van der Waals surface area contributed by atoms with E-state index in [0.29, 0.717) is 36.3 Å². The van der Waals surface area contributed by atoms with E-state index in [1.54, 1.807) is 25.1 Å². The van der Waals surface area contributed by atoms with E-state index in [1.807, 2.05) is 0 Å². The van der Waals surface area contributed by atoms with E-state index in [0.717, 1.165) is 6.42 Å². The summed E-state index contributed by atoms with van der Waals surface area (Å²) in [5, 5.41) is 12.7. The Morgan fingerprint density at radius 2 is 2.14 bits per heavy atom. The topological polar surface area (TPSA) is 58.6 Å². The number of hydrogen-bond acceptors (Lipinski definition) is 3. The monoisotopic (exact) mass is 291 g/mol. The highest BCUT2D eigenvalue weighted by Crippen LogP contribution is 2.26. The lowest BCUT2D eigenvalue weighted by Crippen LogP contribution is -2.31. The van der Waals surface area contributed by atoms with Gasteiger partial charge in [0.2, 0.25) is 0 Å². The lowest BCUT2D eigenvalue weighted by atomic mass is 9.88. The Kier molecular flexibility index (Phi) is 5.62. The van der Waals surface area contributed by atoms with E-state index in [2.05, 4.69) is 12.2 Å². The van der Waals surface area contributed by atoms with Crippen LogP contribution < -0.4 is 5.32 Å². The van der Waals surface area contributed by atoms with Crippen molar-refractivity contribution < 1.29 is 14.6 Å². The first-order chi connectivity index (χ1) is 10.1. The van der Waals surface area contributed by atoms with Gasteiger partial charge in [-0.1, -0.05) is 31.9 Å². The Morgan fingerprint density at radius 3 is 2.90 bits per heavy atom. The summed E-state index contributed by atoms with van der Waals surface area (Å²) in [6, 6.07) is 5.17. The summed E-state index contributed by atoms with van der Waals surface area (Å²) in [6.07, 6.45) is 5.20. The zero-order valence-electron chi connectivity index (χ0n) is 12.9. The number of para-hydroxylation sites is 1. The number of rotatable bonds is 5. The molecule has 0 heterocycles. The summed E-state index contributed by atoms with van der Waals surface area (Å²) in [6.45, 7) is 5.00. The van der Waals surface area contributed by atoms with Crippen molar-refractivity contribution in [3.8, 4) is 5.75 Å². The molecule has 4 nitrogen and oxygen atoms in total. The number of benzene rings is 1. The number of aryl methyl sites for hydroxylation is 1. The molecule has 1 amide bonds. The van der Waals surface area contributed by atoms with Gasteiger partial charge in [-0.05, 0) is 37.3 Å². The fourth-order valence-corrected chi connectivity index (χ4v) is 2.84. The summed E-state index contributed by atoms with van der Waals surface area (Å²) in [4.78, 5) is 12.0. The minimum Gasteiger partial charge on any atom is -0.507 e. The van der Waals surface area contributed by atoms with Crippen LogP contribution >= 0.6 is 0 Å². The summed E-state index contributed by atoms with van der Waals surface area (Å²) in [5.74, 6) is 0.406. The smallest absolute Gasteiger partial charge is 0.255 e. The highest BCUT2D eigenvalue weighted by molar-refractivity contribution is 5.97. The Bertz CT molecular complexity index is 487. The maximum absolute atomic E-state index is 12.0.